The van der Waals surface area contributed by atoms with Crippen LogP contribution < -0.4 is 20.7 Å². The molecule has 0 bridgehead atoms. The lowest BCUT2D eigenvalue weighted by atomic mass is 10.1. The predicted molar refractivity (Wildman–Crippen MR) is 123 cm³/mol. The number of hydrogen-bond donors (Lipinski definition) is 4. The number of amides is 3. The molecule has 2 aromatic carbocycles. The van der Waals surface area contributed by atoms with Crippen molar-refractivity contribution in [3.05, 3.63) is 59.7 Å². The van der Waals surface area contributed by atoms with Crippen molar-refractivity contribution in [2.24, 2.45) is 0 Å². The van der Waals surface area contributed by atoms with Gasteiger partial charge in [0, 0.05) is 11.3 Å². The van der Waals surface area contributed by atoms with Crippen LogP contribution in [0.3, 0.4) is 0 Å². The number of carboxylic acids is 1. The zero-order chi connectivity index (χ0) is 24.6. The fourth-order valence-corrected chi connectivity index (χ4v) is 2.87. The quantitative estimate of drug-likeness (QED) is 0.459. The molecule has 176 valence electrons. The lowest BCUT2D eigenvalue weighted by Gasteiger charge is -2.21. The Balaban J connectivity index is 1.95. The largest absolute Gasteiger partial charge is 0.488 e. The van der Waals surface area contributed by atoms with Gasteiger partial charge in [-0.2, -0.15) is 0 Å². The number of benzene rings is 2. The fraction of sp³-hybridized carbons (Fsp3) is 0.333. The number of nitrogens with one attached hydrogen (secondary N) is 3. The lowest BCUT2D eigenvalue weighted by Crippen LogP contribution is -2.48. The minimum Gasteiger partial charge on any atom is -0.488 e. The Kier molecular flexibility index (Phi) is 8.56. The molecule has 0 aromatic heterocycles. The Morgan fingerprint density at radius 3 is 2.27 bits per heavy atom. The molecule has 33 heavy (non-hydrogen) atoms. The first-order chi connectivity index (χ1) is 15.4. The highest BCUT2D eigenvalue weighted by Crippen LogP contribution is 2.20. The molecule has 0 saturated carbocycles. The van der Waals surface area contributed by atoms with Crippen LogP contribution in [0.15, 0.2) is 48.5 Å². The van der Waals surface area contributed by atoms with Crippen molar-refractivity contribution in [2.45, 2.75) is 45.8 Å². The molecule has 2 aromatic rings. The van der Waals surface area contributed by atoms with Gasteiger partial charge in [-0.1, -0.05) is 17.7 Å². The number of aliphatic carboxylic acids is 1. The van der Waals surface area contributed by atoms with Crippen molar-refractivity contribution in [2.75, 3.05) is 11.9 Å². The van der Waals surface area contributed by atoms with Gasteiger partial charge in [-0.05, 0) is 64.1 Å². The van der Waals surface area contributed by atoms with Crippen molar-refractivity contribution in [3.8, 4) is 5.75 Å². The predicted octanol–water partition coefficient (Wildman–Crippen LogP) is 2.50. The number of hydrogen-bond acceptors (Lipinski definition) is 5. The topological polar surface area (TPSA) is 134 Å². The summed E-state index contributed by atoms with van der Waals surface area (Å²) in [7, 11) is 0. The van der Waals surface area contributed by atoms with Crippen molar-refractivity contribution < 1.29 is 29.0 Å². The molecule has 2 rings (SSSR count). The van der Waals surface area contributed by atoms with Crippen LogP contribution in [0.4, 0.5) is 5.69 Å². The van der Waals surface area contributed by atoms with Gasteiger partial charge in [0.1, 0.15) is 17.4 Å². The Morgan fingerprint density at radius 1 is 1.03 bits per heavy atom. The van der Waals surface area contributed by atoms with Crippen molar-refractivity contribution >= 4 is 29.4 Å². The Morgan fingerprint density at radius 2 is 1.70 bits per heavy atom. The van der Waals surface area contributed by atoms with Crippen LogP contribution in [0.2, 0.25) is 0 Å². The second kappa shape index (κ2) is 11.1. The molecule has 0 heterocycles. The summed E-state index contributed by atoms with van der Waals surface area (Å²) in [5, 5.41) is 16.5. The van der Waals surface area contributed by atoms with Gasteiger partial charge in [0.15, 0.2) is 0 Å². The molecule has 9 heteroatoms. The molecule has 1 atom stereocenters. The van der Waals surface area contributed by atoms with E-state index in [0.29, 0.717) is 17.0 Å². The fourth-order valence-electron chi connectivity index (χ4n) is 2.87. The number of rotatable bonds is 9. The molecule has 9 nitrogen and oxygen atoms in total. The monoisotopic (exact) mass is 455 g/mol. The number of carboxylic acid groups (broad SMARTS) is 1. The normalized spacial score (nSPS) is 11.8. The van der Waals surface area contributed by atoms with Crippen LogP contribution in [-0.4, -0.2) is 47.0 Å². The first-order valence-corrected chi connectivity index (χ1v) is 10.4. The van der Waals surface area contributed by atoms with Crippen molar-refractivity contribution in [1.29, 1.82) is 0 Å². The number of carbonyl (C=O) groups is 4. The zero-order valence-electron chi connectivity index (χ0n) is 19.1. The Hall–Kier alpha value is -3.88. The van der Waals surface area contributed by atoms with Gasteiger partial charge in [-0.3, -0.25) is 19.2 Å². The summed E-state index contributed by atoms with van der Waals surface area (Å²) in [4.78, 5) is 48.2. The Bertz CT molecular complexity index is 1010. The molecule has 0 radical (unpaired) electrons. The third-order valence-corrected chi connectivity index (χ3v) is 4.27. The van der Waals surface area contributed by atoms with Crippen LogP contribution in [0.5, 0.6) is 5.75 Å². The summed E-state index contributed by atoms with van der Waals surface area (Å²) in [6.07, 6.45) is -0.616. The van der Waals surface area contributed by atoms with E-state index in [0.717, 1.165) is 5.56 Å². The lowest BCUT2D eigenvalue weighted by molar-refractivity contribution is -0.139. The molecule has 4 N–H and O–H groups in total. The molecule has 0 fully saturated rings. The van der Waals surface area contributed by atoms with Crippen molar-refractivity contribution in [3.63, 3.8) is 0 Å². The highest BCUT2D eigenvalue weighted by molar-refractivity contribution is 6.00. The summed E-state index contributed by atoms with van der Waals surface area (Å²) < 4.78 is 5.72. The van der Waals surface area contributed by atoms with E-state index in [1.807, 2.05) is 33.8 Å². The average Bonchev–Trinajstić information content (AvgIpc) is 2.71. The van der Waals surface area contributed by atoms with E-state index in [4.69, 9.17) is 9.84 Å². The maximum absolute atomic E-state index is 12.6. The number of ether oxygens (including phenoxy) is 1. The molecular formula is C24H29N3O6. The van der Waals surface area contributed by atoms with Crippen LogP contribution in [0, 0.1) is 6.92 Å². The number of aryl methyl sites for hydroxylation is 1. The first kappa shape index (κ1) is 25.4. The standard InChI is InChI=1S/C24H29N3O6/c1-15-6-5-7-16(12-15)22(31)25-14-20(28)27-19(13-21(29)30)23(32)26-17-8-10-18(11-9-17)33-24(2,3)4/h5-12,19H,13-14H2,1-4H3,(H,25,31)(H,26,32)(H,27,28)(H,29,30)/t19-/m0/s1. The summed E-state index contributed by atoms with van der Waals surface area (Å²) in [6.45, 7) is 7.15. The maximum atomic E-state index is 12.6. The van der Waals surface area contributed by atoms with E-state index >= 15 is 0 Å². The summed E-state index contributed by atoms with van der Waals surface area (Å²) in [5.74, 6) is -2.48. The van der Waals surface area contributed by atoms with Crippen LogP contribution in [0.1, 0.15) is 43.1 Å². The highest BCUT2D eigenvalue weighted by Gasteiger charge is 2.24. The number of anilines is 1. The first-order valence-electron chi connectivity index (χ1n) is 10.4. The molecule has 0 spiro atoms. The van der Waals surface area contributed by atoms with E-state index in [-0.39, 0.29) is 5.60 Å². The van der Waals surface area contributed by atoms with E-state index in [9.17, 15) is 19.2 Å². The highest BCUT2D eigenvalue weighted by atomic mass is 16.5. The smallest absolute Gasteiger partial charge is 0.305 e. The zero-order valence-corrected chi connectivity index (χ0v) is 19.1. The van der Waals surface area contributed by atoms with Crippen LogP contribution in [-0.2, 0) is 14.4 Å². The molecule has 3 amide bonds. The molecule has 0 aliphatic heterocycles. The molecular weight excluding hydrogens is 426 g/mol. The third-order valence-electron chi connectivity index (χ3n) is 4.27. The average molecular weight is 456 g/mol. The summed E-state index contributed by atoms with van der Waals surface area (Å²) in [6, 6.07) is 12.1. The van der Waals surface area contributed by atoms with E-state index in [1.165, 1.54) is 0 Å². The molecule has 0 unspecified atom stereocenters. The van der Waals surface area contributed by atoms with Crippen LogP contribution >= 0.6 is 0 Å². The number of carbonyl (C=O) groups excluding carboxylic acids is 3. The summed E-state index contributed by atoms with van der Waals surface area (Å²) >= 11 is 0. The Labute approximate surface area is 192 Å². The third kappa shape index (κ3) is 9.02. The van der Waals surface area contributed by atoms with Crippen LogP contribution in [0.25, 0.3) is 0 Å². The van der Waals surface area contributed by atoms with Gasteiger partial charge >= 0.3 is 5.97 Å². The van der Waals surface area contributed by atoms with Gasteiger partial charge in [0.05, 0.1) is 13.0 Å². The maximum Gasteiger partial charge on any atom is 0.305 e. The van der Waals surface area contributed by atoms with Gasteiger partial charge in [0.25, 0.3) is 5.91 Å². The van der Waals surface area contributed by atoms with Crippen molar-refractivity contribution in [1.82, 2.24) is 10.6 Å². The van der Waals surface area contributed by atoms with Gasteiger partial charge in [-0.25, -0.2) is 0 Å². The van der Waals surface area contributed by atoms with E-state index in [2.05, 4.69) is 16.0 Å². The minimum atomic E-state index is -1.32. The second-order valence-electron chi connectivity index (χ2n) is 8.50. The molecule has 0 aliphatic rings. The SMILES string of the molecule is Cc1cccc(C(=O)NCC(=O)N[C@@H](CC(=O)O)C(=O)Nc2ccc(OC(C)(C)C)cc2)c1. The summed E-state index contributed by atoms with van der Waals surface area (Å²) in [5.41, 5.74) is 1.32. The van der Waals surface area contributed by atoms with Gasteiger partial charge in [0.2, 0.25) is 11.8 Å². The molecule has 0 aliphatic carbocycles. The molecule has 0 saturated heterocycles. The van der Waals surface area contributed by atoms with Gasteiger partial charge in [-0.15, -0.1) is 0 Å². The second-order valence-corrected chi connectivity index (χ2v) is 8.50. The van der Waals surface area contributed by atoms with Gasteiger partial charge < -0.3 is 25.8 Å². The van der Waals surface area contributed by atoms with E-state index in [1.54, 1.807) is 42.5 Å². The van der Waals surface area contributed by atoms with E-state index < -0.39 is 42.7 Å². The minimum absolute atomic E-state index is 0.379.